The number of H-pyrrole nitrogens is 1. The minimum Gasteiger partial charge on any atom is -0.494 e. The summed E-state index contributed by atoms with van der Waals surface area (Å²) in [6.45, 7) is 4.87. The lowest BCUT2D eigenvalue weighted by atomic mass is 10.1. The number of anilines is 1. The zero-order chi connectivity index (χ0) is 21.1. The molecule has 30 heavy (non-hydrogen) atoms. The van der Waals surface area contributed by atoms with Crippen molar-refractivity contribution in [3.8, 4) is 5.75 Å². The molecule has 2 heterocycles. The first-order valence-electron chi connectivity index (χ1n) is 9.97. The molecule has 154 valence electrons. The van der Waals surface area contributed by atoms with Crippen LogP contribution in [0.2, 0.25) is 0 Å². The molecule has 2 aromatic carbocycles. The van der Waals surface area contributed by atoms with E-state index < -0.39 is 0 Å². The van der Waals surface area contributed by atoms with Gasteiger partial charge in [0.05, 0.1) is 18.8 Å². The average molecular weight is 404 g/mol. The van der Waals surface area contributed by atoms with Gasteiger partial charge in [0.1, 0.15) is 11.1 Å². The van der Waals surface area contributed by atoms with Crippen molar-refractivity contribution in [2.45, 2.75) is 25.8 Å². The van der Waals surface area contributed by atoms with Crippen LogP contribution in [0.15, 0.2) is 58.3 Å². The van der Waals surface area contributed by atoms with E-state index in [1.165, 1.54) is 0 Å². The van der Waals surface area contributed by atoms with Crippen molar-refractivity contribution >= 4 is 23.9 Å². The Kier molecular flexibility index (Phi) is 5.52. The molecule has 3 aromatic rings. The predicted octanol–water partition coefficient (Wildman–Crippen LogP) is 2.11. The number of benzene rings is 2. The second-order valence-electron chi connectivity index (χ2n) is 7.31. The van der Waals surface area contributed by atoms with Gasteiger partial charge in [-0.25, -0.2) is 4.99 Å². The molecule has 1 aromatic heterocycles. The van der Waals surface area contributed by atoms with Crippen molar-refractivity contribution in [2.75, 3.05) is 18.6 Å². The molecular weight excluding hydrogens is 380 g/mol. The minimum atomic E-state index is -0.217. The van der Waals surface area contributed by atoms with Gasteiger partial charge < -0.3 is 14.2 Å². The van der Waals surface area contributed by atoms with Crippen LogP contribution in [0.4, 0.5) is 11.4 Å². The molecule has 0 saturated carbocycles. The fourth-order valence-electron chi connectivity index (χ4n) is 3.45. The maximum Gasteiger partial charge on any atom is 0.274 e. The Bertz CT molecular complexity index is 1230. The van der Waals surface area contributed by atoms with Gasteiger partial charge in [0.2, 0.25) is 11.5 Å². The van der Waals surface area contributed by atoms with Crippen LogP contribution in [0.5, 0.6) is 5.75 Å². The first-order valence-corrected chi connectivity index (χ1v) is 9.97. The summed E-state index contributed by atoms with van der Waals surface area (Å²) in [6.07, 6.45) is 2.03. The third kappa shape index (κ3) is 4.05. The SMILES string of the molecule is C=c1c(=O)[nH]c2n1Cc1cc(OCCCCC(=O)N(C)c3ccccc3)ccc1N=2. The standard InChI is InChI=1S/C23H24N4O3/c1-16-22(29)25-23-24-20-12-11-19(14-17(20)15-27(16)23)30-13-7-6-10-21(28)26(2)18-8-4-3-5-9-18/h3-5,8-9,11-12,14H,1,6-7,10,13,15H2,2H3,(H,24,25,29). The van der Waals surface area contributed by atoms with Crippen molar-refractivity contribution in [3.05, 3.63) is 75.4 Å². The highest BCUT2D eigenvalue weighted by Gasteiger charge is 2.14. The van der Waals surface area contributed by atoms with Crippen LogP contribution in [-0.2, 0) is 11.3 Å². The summed E-state index contributed by atoms with van der Waals surface area (Å²) in [7, 11) is 1.80. The first-order chi connectivity index (χ1) is 14.5. The van der Waals surface area contributed by atoms with Crippen LogP contribution in [0.25, 0.3) is 6.58 Å². The topological polar surface area (TPSA) is 79.7 Å². The largest absolute Gasteiger partial charge is 0.494 e. The number of unbranched alkanes of at least 4 members (excludes halogenated alkanes) is 1. The number of hydrogen-bond acceptors (Lipinski definition) is 4. The molecular formula is C23H24N4O3. The number of rotatable bonds is 7. The van der Waals surface area contributed by atoms with Crippen molar-refractivity contribution in [2.24, 2.45) is 4.99 Å². The van der Waals surface area contributed by atoms with Crippen LogP contribution in [-0.4, -0.2) is 29.1 Å². The summed E-state index contributed by atoms with van der Waals surface area (Å²) in [5.74, 6) is 0.849. The second-order valence-corrected chi connectivity index (χ2v) is 7.31. The molecule has 1 amide bonds. The average Bonchev–Trinajstić information content (AvgIpc) is 3.04. The number of ether oxygens (including phenoxy) is 1. The van der Waals surface area contributed by atoms with Crippen LogP contribution in [0.1, 0.15) is 24.8 Å². The zero-order valence-corrected chi connectivity index (χ0v) is 16.9. The maximum atomic E-state index is 12.3. The first kappa shape index (κ1) is 19.7. The molecule has 0 fully saturated rings. The van der Waals surface area contributed by atoms with Crippen molar-refractivity contribution in [1.29, 1.82) is 0 Å². The van der Waals surface area contributed by atoms with Gasteiger partial charge in [-0.3, -0.25) is 14.6 Å². The van der Waals surface area contributed by atoms with E-state index in [1.54, 1.807) is 16.5 Å². The molecule has 7 nitrogen and oxygen atoms in total. The quantitative estimate of drug-likeness (QED) is 0.479. The Labute approximate surface area is 174 Å². The number of hydrogen-bond donors (Lipinski definition) is 1. The molecule has 0 saturated heterocycles. The number of nitrogens with zero attached hydrogens (tertiary/aromatic N) is 3. The summed E-state index contributed by atoms with van der Waals surface area (Å²) in [6, 6.07) is 15.3. The fourth-order valence-corrected chi connectivity index (χ4v) is 3.45. The summed E-state index contributed by atoms with van der Waals surface area (Å²) >= 11 is 0. The summed E-state index contributed by atoms with van der Waals surface area (Å²) in [5.41, 5.74) is 3.00. The zero-order valence-electron chi connectivity index (χ0n) is 16.9. The normalized spacial score (nSPS) is 11.9. The summed E-state index contributed by atoms with van der Waals surface area (Å²) in [4.78, 5) is 32.9. The van der Waals surface area contributed by atoms with E-state index in [0.29, 0.717) is 30.5 Å². The lowest BCUT2D eigenvalue weighted by Gasteiger charge is -2.17. The van der Waals surface area contributed by atoms with Crippen LogP contribution in [0, 0.1) is 0 Å². The number of para-hydroxylation sites is 1. The fraction of sp³-hybridized carbons (Fsp3) is 0.261. The third-order valence-electron chi connectivity index (χ3n) is 5.25. The molecule has 0 radical (unpaired) electrons. The molecule has 0 spiro atoms. The number of nitrogens with one attached hydrogen (secondary N) is 1. The van der Waals surface area contributed by atoms with E-state index in [-0.39, 0.29) is 11.5 Å². The third-order valence-corrected chi connectivity index (χ3v) is 5.25. The Morgan fingerprint density at radius 3 is 2.83 bits per heavy atom. The molecule has 4 rings (SSSR count). The van der Waals surface area contributed by atoms with Crippen molar-refractivity contribution in [3.63, 3.8) is 0 Å². The molecule has 0 bridgehead atoms. The van der Waals surface area contributed by atoms with E-state index in [4.69, 9.17) is 4.74 Å². The highest BCUT2D eigenvalue weighted by molar-refractivity contribution is 5.92. The Balaban J connectivity index is 1.28. The molecule has 0 atom stereocenters. The maximum absolute atomic E-state index is 12.3. The highest BCUT2D eigenvalue weighted by atomic mass is 16.5. The van der Waals surface area contributed by atoms with Gasteiger partial charge in [0.15, 0.2) is 0 Å². The van der Waals surface area contributed by atoms with Gasteiger partial charge in [-0.15, -0.1) is 0 Å². The number of carbonyl (C=O) groups is 1. The van der Waals surface area contributed by atoms with E-state index in [0.717, 1.165) is 35.5 Å². The summed E-state index contributed by atoms with van der Waals surface area (Å²) < 4.78 is 7.63. The highest BCUT2D eigenvalue weighted by Crippen LogP contribution is 2.26. The van der Waals surface area contributed by atoms with Crippen LogP contribution in [0.3, 0.4) is 0 Å². The molecule has 1 N–H and O–H groups in total. The van der Waals surface area contributed by atoms with Crippen LogP contribution < -0.4 is 26.2 Å². The van der Waals surface area contributed by atoms with E-state index in [9.17, 15) is 9.59 Å². The molecule has 1 aliphatic rings. The lowest BCUT2D eigenvalue weighted by molar-refractivity contribution is -0.118. The predicted molar refractivity (Wildman–Crippen MR) is 116 cm³/mol. The van der Waals surface area contributed by atoms with Gasteiger partial charge in [-0.2, -0.15) is 0 Å². The molecule has 0 aliphatic carbocycles. The number of fused-ring (bicyclic) bond motifs is 2. The second kappa shape index (κ2) is 8.41. The van der Waals surface area contributed by atoms with Gasteiger partial charge in [-0.1, -0.05) is 24.8 Å². The van der Waals surface area contributed by atoms with Gasteiger partial charge >= 0.3 is 0 Å². The van der Waals surface area contributed by atoms with Crippen molar-refractivity contribution in [1.82, 2.24) is 9.55 Å². The summed E-state index contributed by atoms with van der Waals surface area (Å²) in [5, 5.41) is 0.399. The van der Waals surface area contributed by atoms with E-state index in [1.807, 2.05) is 48.5 Å². The molecule has 7 heteroatoms. The minimum absolute atomic E-state index is 0.0950. The number of imidazole rings is 1. The number of amides is 1. The van der Waals surface area contributed by atoms with Gasteiger partial charge in [-0.05, 0) is 43.2 Å². The smallest absolute Gasteiger partial charge is 0.274 e. The Morgan fingerprint density at radius 2 is 2.03 bits per heavy atom. The van der Waals surface area contributed by atoms with E-state index >= 15 is 0 Å². The van der Waals surface area contributed by atoms with Crippen molar-refractivity contribution < 1.29 is 9.53 Å². The molecule has 1 aliphatic heterocycles. The Hall–Kier alpha value is -3.61. The van der Waals surface area contributed by atoms with Gasteiger partial charge in [0.25, 0.3) is 5.56 Å². The number of aromatic amines is 1. The monoisotopic (exact) mass is 404 g/mol. The Morgan fingerprint density at radius 1 is 1.23 bits per heavy atom. The lowest BCUT2D eigenvalue weighted by Crippen LogP contribution is -2.32. The number of aromatic nitrogens is 2. The van der Waals surface area contributed by atoms with Crippen LogP contribution >= 0.6 is 0 Å². The van der Waals surface area contributed by atoms with E-state index in [2.05, 4.69) is 16.6 Å². The molecule has 0 unspecified atom stereocenters. The van der Waals surface area contributed by atoms with Gasteiger partial charge in [0, 0.05) is 24.7 Å². The number of carbonyl (C=O) groups excluding carboxylic acids is 1.